The highest BCUT2D eigenvalue weighted by Gasteiger charge is 2.40. The van der Waals surface area contributed by atoms with Crippen molar-refractivity contribution in [3.8, 4) is 11.5 Å². The molecular weight excluding hydrogens is 372 g/mol. The first-order valence-electron chi connectivity index (χ1n) is 9.36. The van der Waals surface area contributed by atoms with Crippen LogP contribution in [0.2, 0.25) is 0 Å². The lowest BCUT2D eigenvalue weighted by atomic mass is 10.1. The van der Waals surface area contributed by atoms with Crippen LogP contribution in [0.5, 0.6) is 11.5 Å². The summed E-state index contributed by atoms with van der Waals surface area (Å²) in [5, 5.41) is 2.87. The number of nitrogens with one attached hydrogen (secondary N) is 1. The van der Waals surface area contributed by atoms with Crippen LogP contribution in [0.1, 0.15) is 26.3 Å². The lowest BCUT2D eigenvalue weighted by Crippen LogP contribution is -2.47. The Morgan fingerprint density at radius 2 is 1.66 bits per heavy atom. The van der Waals surface area contributed by atoms with Crippen LogP contribution < -0.4 is 19.7 Å². The molecule has 0 spiro atoms. The van der Waals surface area contributed by atoms with Gasteiger partial charge in [-0.3, -0.25) is 9.69 Å². The number of anilines is 2. The Morgan fingerprint density at radius 1 is 1.03 bits per heavy atom. The third-order valence-electron chi connectivity index (χ3n) is 4.49. The molecule has 1 aliphatic heterocycles. The minimum Gasteiger partial charge on any atom is -0.497 e. The van der Waals surface area contributed by atoms with E-state index in [0.29, 0.717) is 29.3 Å². The highest BCUT2D eigenvalue weighted by atomic mass is 16.6. The number of hydrogen-bond acceptors (Lipinski definition) is 5. The minimum absolute atomic E-state index is 0.317. The van der Waals surface area contributed by atoms with Crippen molar-refractivity contribution in [1.82, 2.24) is 0 Å². The number of benzene rings is 2. The molecule has 7 nitrogen and oxygen atoms in total. The molecule has 1 unspecified atom stereocenters. The van der Waals surface area contributed by atoms with Crippen molar-refractivity contribution in [3.63, 3.8) is 0 Å². The molecule has 2 amide bonds. The van der Waals surface area contributed by atoms with E-state index in [0.717, 1.165) is 5.56 Å². The Kier molecular flexibility index (Phi) is 5.68. The summed E-state index contributed by atoms with van der Waals surface area (Å²) in [6.07, 6.45) is -0.145. The molecule has 0 saturated carbocycles. The predicted molar refractivity (Wildman–Crippen MR) is 111 cm³/mol. The standard InChI is InChI=1S/C22H26N2O5/c1-22(2,3)29-21(26)24-18-9-7-6-8-14(18)10-19(24)20(25)23-15-11-16(27-4)13-17(12-15)28-5/h6-9,11-13,19H,10H2,1-5H3,(H,23,25). The summed E-state index contributed by atoms with van der Waals surface area (Å²) in [4.78, 5) is 27.4. The van der Waals surface area contributed by atoms with Gasteiger partial charge in [-0.1, -0.05) is 18.2 Å². The number of rotatable bonds is 4. The van der Waals surface area contributed by atoms with Gasteiger partial charge in [-0.25, -0.2) is 4.79 Å². The second-order valence-electron chi connectivity index (χ2n) is 7.79. The van der Waals surface area contributed by atoms with E-state index in [4.69, 9.17) is 14.2 Å². The van der Waals surface area contributed by atoms with E-state index >= 15 is 0 Å². The molecule has 154 valence electrons. The van der Waals surface area contributed by atoms with Crippen LogP contribution in [-0.2, 0) is 16.0 Å². The molecule has 1 heterocycles. The smallest absolute Gasteiger partial charge is 0.415 e. The second-order valence-corrected chi connectivity index (χ2v) is 7.79. The fourth-order valence-corrected chi connectivity index (χ4v) is 3.24. The van der Waals surface area contributed by atoms with Gasteiger partial charge in [-0.05, 0) is 32.4 Å². The van der Waals surface area contributed by atoms with Crippen LogP contribution in [-0.4, -0.2) is 37.9 Å². The molecule has 0 radical (unpaired) electrons. The Balaban J connectivity index is 1.88. The molecule has 2 aromatic carbocycles. The molecule has 0 aliphatic carbocycles. The van der Waals surface area contributed by atoms with E-state index in [1.54, 1.807) is 39.0 Å². The number of para-hydroxylation sites is 1. The van der Waals surface area contributed by atoms with E-state index in [2.05, 4.69) is 5.32 Å². The number of hydrogen-bond donors (Lipinski definition) is 1. The number of nitrogens with zero attached hydrogens (tertiary/aromatic N) is 1. The molecule has 1 aliphatic rings. The summed E-state index contributed by atoms with van der Waals surface area (Å²) in [5.41, 5.74) is 1.45. The number of carbonyl (C=O) groups is 2. The van der Waals surface area contributed by atoms with Crippen molar-refractivity contribution >= 4 is 23.4 Å². The van der Waals surface area contributed by atoms with E-state index < -0.39 is 17.7 Å². The lowest BCUT2D eigenvalue weighted by Gasteiger charge is -2.28. The summed E-state index contributed by atoms with van der Waals surface area (Å²) in [5.74, 6) is 0.791. The quantitative estimate of drug-likeness (QED) is 0.842. The largest absolute Gasteiger partial charge is 0.497 e. The number of ether oxygens (including phenoxy) is 3. The maximum atomic E-state index is 13.1. The third-order valence-corrected chi connectivity index (χ3v) is 4.49. The molecule has 0 saturated heterocycles. The van der Waals surface area contributed by atoms with Gasteiger partial charge < -0.3 is 19.5 Å². The zero-order valence-corrected chi connectivity index (χ0v) is 17.3. The topological polar surface area (TPSA) is 77.1 Å². The van der Waals surface area contributed by atoms with Crippen molar-refractivity contribution in [2.45, 2.75) is 38.8 Å². The van der Waals surface area contributed by atoms with E-state index in [1.165, 1.54) is 19.1 Å². The highest BCUT2D eigenvalue weighted by molar-refractivity contribution is 6.05. The number of methoxy groups -OCH3 is 2. The summed E-state index contributed by atoms with van der Waals surface area (Å²) < 4.78 is 16.1. The van der Waals surface area contributed by atoms with Gasteiger partial charge in [0.1, 0.15) is 23.1 Å². The van der Waals surface area contributed by atoms with Crippen LogP contribution in [0.25, 0.3) is 0 Å². The highest BCUT2D eigenvalue weighted by Crippen LogP contribution is 2.34. The Labute approximate surface area is 170 Å². The average Bonchev–Trinajstić information content (AvgIpc) is 3.06. The van der Waals surface area contributed by atoms with Crippen molar-refractivity contribution in [2.75, 3.05) is 24.4 Å². The first kappa shape index (κ1) is 20.5. The monoisotopic (exact) mass is 398 g/mol. The van der Waals surface area contributed by atoms with Gasteiger partial charge in [0.05, 0.1) is 19.9 Å². The summed E-state index contributed by atoms with van der Waals surface area (Å²) in [6, 6.07) is 11.8. The van der Waals surface area contributed by atoms with Crippen molar-refractivity contribution < 1.29 is 23.8 Å². The van der Waals surface area contributed by atoms with Crippen LogP contribution in [0.15, 0.2) is 42.5 Å². The molecule has 2 aromatic rings. The van der Waals surface area contributed by atoms with E-state index in [-0.39, 0.29) is 5.91 Å². The summed E-state index contributed by atoms with van der Waals surface area (Å²) >= 11 is 0. The molecule has 1 N–H and O–H groups in total. The first-order valence-corrected chi connectivity index (χ1v) is 9.36. The van der Waals surface area contributed by atoms with Gasteiger partial charge in [0.25, 0.3) is 0 Å². The van der Waals surface area contributed by atoms with Gasteiger partial charge in [0, 0.05) is 30.3 Å². The molecule has 1 atom stereocenters. The first-order chi connectivity index (χ1) is 13.7. The fourth-order valence-electron chi connectivity index (χ4n) is 3.24. The van der Waals surface area contributed by atoms with Crippen LogP contribution in [0.3, 0.4) is 0 Å². The predicted octanol–water partition coefficient (Wildman–Crippen LogP) is 4.01. The zero-order valence-electron chi connectivity index (χ0n) is 17.3. The van der Waals surface area contributed by atoms with Gasteiger partial charge in [-0.15, -0.1) is 0 Å². The molecule has 3 rings (SSSR count). The molecule has 7 heteroatoms. The maximum absolute atomic E-state index is 13.1. The maximum Gasteiger partial charge on any atom is 0.415 e. The van der Waals surface area contributed by atoms with Gasteiger partial charge in [0.2, 0.25) is 5.91 Å². The molecule has 0 aromatic heterocycles. The van der Waals surface area contributed by atoms with Crippen molar-refractivity contribution in [3.05, 3.63) is 48.0 Å². The van der Waals surface area contributed by atoms with Gasteiger partial charge in [-0.2, -0.15) is 0 Å². The molecule has 0 bridgehead atoms. The van der Waals surface area contributed by atoms with Gasteiger partial charge in [0.15, 0.2) is 0 Å². The number of amides is 2. The van der Waals surface area contributed by atoms with Crippen LogP contribution in [0.4, 0.5) is 16.2 Å². The minimum atomic E-state index is -0.723. The Hall–Kier alpha value is -3.22. The van der Waals surface area contributed by atoms with Crippen LogP contribution >= 0.6 is 0 Å². The van der Waals surface area contributed by atoms with Gasteiger partial charge >= 0.3 is 6.09 Å². The molecule has 29 heavy (non-hydrogen) atoms. The van der Waals surface area contributed by atoms with Crippen molar-refractivity contribution in [1.29, 1.82) is 0 Å². The normalized spacial score (nSPS) is 15.5. The van der Waals surface area contributed by atoms with E-state index in [1.807, 2.05) is 24.3 Å². The molecule has 0 fully saturated rings. The van der Waals surface area contributed by atoms with Crippen molar-refractivity contribution in [2.24, 2.45) is 0 Å². The zero-order chi connectivity index (χ0) is 21.2. The fraction of sp³-hybridized carbons (Fsp3) is 0.364. The molecular formula is C22H26N2O5. The SMILES string of the molecule is COc1cc(NC(=O)C2Cc3ccccc3N2C(=O)OC(C)(C)C)cc(OC)c1. The summed E-state index contributed by atoms with van der Waals surface area (Å²) in [6.45, 7) is 5.39. The van der Waals surface area contributed by atoms with Crippen LogP contribution in [0, 0.1) is 0 Å². The summed E-state index contributed by atoms with van der Waals surface area (Å²) in [7, 11) is 3.08. The Bertz CT molecular complexity index is 897. The number of carbonyl (C=O) groups excluding carboxylic acids is 2. The second kappa shape index (κ2) is 8.03. The average molecular weight is 398 g/mol. The van der Waals surface area contributed by atoms with E-state index in [9.17, 15) is 9.59 Å². The number of fused-ring (bicyclic) bond motifs is 1. The third kappa shape index (κ3) is 4.62. The Morgan fingerprint density at radius 3 is 2.24 bits per heavy atom. The lowest BCUT2D eigenvalue weighted by molar-refractivity contribution is -0.117.